The molecule has 3 rings (SSSR count). The summed E-state index contributed by atoms with van der Waals surface area (Å²) in [6, 6.07) is 17.6. The van der Waals surface area contributed by atoms with Crippen LogP contribution in [0.4, 0.5) is 5.69 Å². The Bertz CT molecular complexity index is 710. The Morgan fingerprint density at radius 1 is 1.00 bits per heavy atom. The molecule has 0 saturated heterocycles. The van der Waals surface area contributed by atoms with Gasteiger partial charge < -0.3 is 9.73 Å². The molecule has 106 valence electrons. The van der Waals surface area contributed by atoms with Gasteiger partial charge in [0.15, 0.2) is 0 Å². The van der Waals surface area contributed by atoms with Crippen molar-refractivity contribution in [2.75, 3.05) is 5.32 Å². The fourth-order valence-electron chi connectivity index (χ4n) is 1.96. The van der Waals surface area contributed by atoms with Gasteiger partial charge in [0.1, 0.15) is 6.04 Å². The first-order valence-electron chi connectivity index (χ1n) is 6.63. The fourth-order valence-corrected chi connectivity index (χ4v) is 2.23. The molecule has 1 atom stereocenters. The van der Waals surface area contributed by atoms with Gasteiger partial charge in [-0.25, -0.2) is 0 Å². The van der Waals surface area contributed by atoms with Crippen LogP contribution in [-0.2, 0) is 0 Å². The molecule has 1 aromatic heterocycles. The van der Waals surface area contributed by atoms with E-state index in [1.54, 1.807) is 0 Å². The number of anilines is 1. The predicted molar refractivity (Wildman–Crippen MR) is 85.9 cm³/mol. The van der Waals surface area contributed by atoms with Crippen molar-refractivity contribution < 1.29 is 4.42 Å². The molecule has 0 aliphatic rings. The Hall–Kier alpha value is -2.14. The summed E-state index contributed by atoms with van der Waals surface area (Å²) < 4.78 is 6.78. The van der Waals surface area contributed by atoms with Crippen molar-refractivity contribution in [3.05, 3.63) is 65.0 Å². The molecule has 0 saturated carbocycles. The first-order chi connectivity index (χ1) is 10.2. The maximum Gasteiger partial charge on any atom is 0.247 e. The molecule has 0 bridgehead atoms. The summed E-state index contributed by atoms with van der Waals surface area (Å²) >= 11 is 3.42. The molecule has 0 fully saturated rings. The van der Waals surface area contributed by atoms with Gasteiger partial charge in [0.05, 0.1) is 0 Å². The standard InChI is InChI=1S/C16H14BrN3O/c1-11(18-14-9-7-13(17)8-10-14)15-19-20-16(21-15)12-5-3-2-4-6-12/h2-11,18H,1H3. The van der Waals surface area contributed by atoms with E-state index in [4.69, 9.17) is 4.42 Å². The molecule has 4 nitrogen and oxygen atoms in total. The maximum atomic E-state index is 5.73. The Kier molecular flexibility index (Phi) is 4.01. The zero-order valence-electron chi connectivity index (χ0n) is 11.5. The van der Waals surface area contributed by atoms with Crippen molar-refractivity contribution in [1.82, 2.24) is 10.2 Å². The molecule has 0 amide bonds. The number of hydrogen-bond donors (Lipinski definition) is 1. The van der Waals surface area contributed by atoms with Crippen molar-refractivity contribution >= 4 is 21.6 Å². The van der Waals surface area contributed by atoms with Gasteiger partial charge in [-0.3, -0.25) is 0 Å². The highest BCUT2D eigenvalue weighted by Gasteiger charge is 2.14. The smallest absolute Gasteiger partial charge is 0.247 e. The van der Waals surface area contributed by atoms with Crippen LogP contribution >= 0.6 is 15.9 Å². The minimum atomic E-state index is -0.0591. The van der Waals surface area contributed by atoms with Crippen LogP contribution in [0.25, 0.3) is 11.5 Å². The van der Waals surface area contributed by atoms with E-state index >= 15 is 0 Å². The molecule has 0 spiro atoms. The SMILES string of the molecule is CC(Nc1ccc(Br)cc1)c1nnc(-c2ccccc2)o1. The highest BCUT2D eigenvalue weighted by atomic mass is 79.9. The van der Waals surface area contributed by atoms with Gasteiger partial charge in [-0.1, -0.05) is 34.1 Å². The molecule has 3 aromatic rings. The summed E-state index contributed by atoms with van der Waals surface area (Å²) in [4.78, 5) is 0. The van der Waals surface area contributed by atoms with E-state index < -0.39 is 0 Å². The van der Waals surface area contributed by atoms with E-state index in [0.717, 1.165) is 15.7 Å². The molecule has 1 heterocycles. The van der Waals surface area contributed by atoms with Crippen molar-refractivity contribution in [2.45, 2.75) is 13.0 Å². The molecule has 1 N–H and O–H groups in total. The Balaban J connectivity index is 1.75. The summed E-state index contributed by atoms with van der Waals surface area (Å²) in [6.07, 6.45) is 0. The minimum absolute atomic E-state index is 0.0591. The normalized spacial score (nSPS) is 12.1. The van der Waals surface area contributed by atoms with Gasteiger partial charge in [-0.05, 0) is 43.3 Å². The summed E-state index contributed by atoms with van der Waals surface area (Å²) in [5.74, 6) is 1.10. The summed E-state index contributed by atoms with van der Waals surface area (Å²) in [5, 5.41) is 11.5. The molecular weight excluding hydrogens is 330 g/mol. The third kappa shape index (κ3) is 3.31. The van der Waals surface area contributed by atoms with Crippen LogP contribution in [0.3, 0.4) is 0 Å². The van der Waals surface area contributed by atoms with E-state index in [2.05, 4.69) is 31.4 Å². The molecule has 0 aliphatic carbocycles. The monoisotopic (exact) mass is 343 g/mol. The highest BCUT2D eigenvalue weighted by molar-refractivity contribution is 9.10. The third-order valence-electron chi connectivity index (χ3n) is 3.06. The molecule has 1 unspecified atom stereocenters. The van der Waals surface area contributed by atoms with Crippen LogP contribution in [0, 0.1) is 0 Å². The van der Waals surface area contributed by atoms with Crippen molar-refractivity contribution in [3.8, 4) is 11.5 Å². The van der Waals surface area contributed by atoms with Crippen LogP contribution in [0.15, 0.2) is 63.5 Å². The molecule has 21 heavy (non-hydrogen) atoms. The van der Waals surface area contributed by atoms with Gasteiger partial charge in [0.2, 0.25) is 11.8 Å². The van der Waals surface area contributed by atoms with Gasteiger partial charge in [0, 0.05) is 15.7 Å². The van der Waals surface area contributed by atoms with Gasteiger partial charge in [-0.15, -0.1) is 10.2 Å². The number of halogens is 1. The lowest BCUT2D eigenvalue weighted by Crippen LogP contribution is -2.06. The van der Waals surface area contributed by atoms with Gasteiger partial charge in [0.25, 0.3) is 0 Å². The van der Waals surface area contributed by atoms with Crippen LogP contribution in [-0.4, -0.2) is 10.2 Å². The Labute approximate surface area is 131 Å². The number of nitrogens with zero attached hydrogens (tertiary/aromatic N) is 2. The average Bonchev–Trinajstić information content (AvgIpc) is 3.00. The van der Waals surface area contributed by atoms with Crippen LogP contribution in [0.2, 0.25) is 0 Å². The number of aromatic nitrogens is 2. The lowest BCUT2D eigenvalue weighted by molar-refractivity contribution is 0.485. The second kappa shape index (κ2) is 6.10. The van der Waals surface area contributed by atoms with E-state index in [1.165, 1.54) is 0 Å². The quantitative estimate of drug-likeness (QED) is 0.747. The van der Waals surface area contributed by atoms with Crippen LogP contribution < -0.4 is 5.32 Å². The maximum absolute atomic E-state index is 5.73. The molecule has 0 aliphatic heterocycles. The van der Waals surface area contributed by atoms with Gasteiger partial charge >= 0.3 is 0 Å². The Morgan fingerprint density at radius 2 is 1.71 bits per heavy atom. The zero-order chi connectivity index (χ0) is 14.7. The van der Waals surface area contributed by atoms with Crippen molar-refractivity contribution in [3.63, 3.8) is 0 Å². The number of benzene rings is 2. The molecule has 0 radical (unpaired) electrons. The fraction of sp³-hybridized carbons (Fsp3) is 0.125. The largest absolute Gasteiger partial charge is 0.418 e. The van der Waals surface area contributed by atoms with Crippen LogP contribution in [0.1, 0.15) is 18.9 Å². The summed E-state index contributed by atoms with van der Waals surface area (Å²) in [6.45, 7) is 1.99. The lowest BCUT2D eigenvalue weighted by Gasteiger charge is -2.11. The second-order valence-electron chi connectivity index (χ2n) is 4.68. The third-order valence-corrected chi connectivity index (χ3v) is 3.59. The van der Waals surface area contributed by atoms with E-state index in [-0.39, 0.29) is 6.04 Å². The average molecular weight is 344 g/mol. The van der Waals surface area contributed by atoms with Crippen molar-refractivity contribution in [2.24, 2.45) is 0 Å². The van der Waals surface area contributed by atoms with Crippen molar-refractivity contribution in [1.29, 1.82) is 0 Å². The predicted octanol–water partition coefficient (Wildman–Crippen LogP) is 4.67. The summed E-state index contributed by atoms with van der Waals surface area (Å²) in [7, 11) is 0. The van der Waals surface area contributed by atoms with E-state index in [0.29, 0.717) is 11.8 Å². The number of hydrogen-bond acceptors (Lipinski definition) is 4. The highest BCUT2D eigenvalue weighted by Crippen LogP contribution is 2.23. The first-order valence-corrected chi connectivity index (χ1v) is 7.42. The van der Waals surface area contributed by atoms with Gasteiger partial charge in [-0.2, -0.15) is 0 Å². The topological polar surface area (TPSA) is 51.0 Å². The summed E-state index contributed by atoms with van der Waals surface area (Å²) in [5.41, 5.74) is 1.93. The van der Waals surface area contributed by atoms with E-state index in [1.807, 2.05) is 61.5 Å². The number of nitrogens with one attached hydrogen (secondary N) is 1. The second-order valence-corrected chi connectivity index (χ2v) is 5.60. The Morgan fingerprint density at radius 3 is 2.43 bits per heavy atom. The molecule has 5 heteroatoms. The lowest BCUT2D eigenvalue weighted by atomic mass is 10.2. The zero-order valence-corrected chi connectivity index (χ0v) is 13.0. The first kappa shape index (κ1) is 13.8. The van der Waals surface area contributed by atoms with E-state index in [9.17, 15) is 0 Å². The molecule has 2 aromatic carbocycles. The molecular formula is C16H14BrN3O. The van der Waals surface area contributed by atoms with Crippen LogP contribution in [0.5, 0.6) is 0 Å². The number of rotatable bonds is 4. The minimum Gasteiger partial charge on any atom is -0.418 e.